The van der Waals surface area contributed by atoms with Gasteiger partial charge in [-0.2, -0.15) is 0 Å². The standard InChI is InChI=1S/C11H11N3OS/c12-5-7-6-16-11(14-7)9-4-2-1-3-8(9)10(13)15/h1-4,6H,5,12H2,(H2,13,15). The first-order chi connectivity index (χ1) is 7.72. The summed E-state index contributed by atoms with van der Waals surface area (Å²) in [5, 5.41) is 2.66. The van der Waals surface area contributed by atoms with Crippen LogP contribution in [0.3, 0.4) is 0 Å². The molecule has 1 aromatic carbocycles. The summed E-state index contributed by atoms with van der Waals surface area (Å²) in [6, 6.07) is 7.16. The van der Waals surface area contributed by atoms with Gasteiger partial charge < -0.3 is 11.5 Å². The lowest BCUT2D eigenvalue weighted by atomic mass is 10.1. The minimum atomic E-state index is -0.444. The smallest absolute Gasteiger partial charge is 0.249 e. The third kappa shape index (κ3) is 1.95. The fourth-order valence-electron chi connectivity index (χ4n) is 1.41. The lowest BCUT2D eigenvalue weighted by Gasteiger charge is -2.02. The molecule has 4 nitrogen and oxygen atoms in total. The Labute approximate surface area is 96.9 Å². The number of nitrogens with zero attached hydrogens (tertiary/aromatic N) is 1. The van der Waals surface area contributed by atoms with E-state index in [1.807, 2.05) is 17.5 Å². The molecule has 5 heteroatoms. The molecule has 0 aliphatic carbocycles. The number of carbonyl (C=O) groups excluding carboxylic acids is 1. The summed E-state index contributed by atoms with van der Waals surface area (Å²) in [7, 11) is 0. The van der Waals surface area contributed by atoms with Gasteiger partial charge in [0.15, 0.2) is 0 Å². The predicted octanol–water partition coefficient (Wildman–Crippen LogP) is 1.37. The summed E-state index contributed by atoms with van der Waals surface area (Å²) < 4.78 is 0. The van der Waals surface area contributed by atoms with Crippen LogP contribution in [0.5, 0.6) is 0 Å². The molecule has 1 aromatic heterocycles. The van der Waals surface area contributed by atoms with E-state index in [-0.39, 0.29) is 0 Å². The molecular formula is C11H11N3OS. The molecule has 0 aliphatic heterocycles. The average Bonchev–Trinajstić information content (AvgIpc) is 2.77. The van der Waals surface area contributed by atoms with E-state index >= 15 is 0 Å². The molecule has 82 valence electrons. The van der Waals surface area contributed by atoms with Gasteiger partial charge >= 0.3 is 0 Å². The zero-order chi connectivity index (χ0) is 11.5. The van der Waals surface area contributed by atoms with Gasteiger partial charge in [0.1, 0.15) is 5.01 Å². The van der Waals surface area contributed by atoms with E-state index in [1.165, 1.54) is 11.3 Å². The highest BCUT2D eigenvalue weighted by Crippen LogP contribution is 2.26. The van der Waals surface area contributed by atoms with Crippen molar-refractivity contribution in [3.63, 3.8) is 0 Å². The lowest BCUT2D eigenvalue weighted by molar-refractivity contribution is 0.100. The summed E-state index contributed by atoms with van der Waals surface area (Å²) in [4.78, 5) is 15.6. The Morgan fingerprint density at radius 3 is 2.75 bits per heavy atom. The second kappa shape index (κ2) is 4.42. The van der Waals surface area contributed by atoms with Crippen molar-refractivity contribution in [3.8, 4) is 10.6 Å². The number of carbonyl (C=O) groups is 1. The van der Waals surface area contributed by atoms with Gasteiger partial charge in [-0.15, -0.1) is 11.3 Å². The molecule has 2 aromatic rings. The van der Waals surface area contributed by atoms with Crippen LogP contribution in [0.25, 0.3) is 10.6 Å². The van der Waals surface area contributed by atoms with Crippen LogP contribution >= 0.6 is 11.3 Å². The highest BCUT2D eigenvalue weighted by atomic mass is 32.1. The van der Waals surface area contributed by atoms with Crippen molar-refractivity contribution in [1.29, 1.82) is 0 Å². The Bertz CT molecular complexity index is 521. The maximum Gasteiger partial charge on any atom is 0.249 e. The van der Waals surface area contributed by atoms with Crippen molar-refractivity contribution < 1.29 is 4.79 Å². The van der Waals surface area contributed by atoms with Gasteiger partial charge in [0, 0.05) is 23.1 Å². The van der Waals surface area contributed by atoms with Gasteiger partial charge in [-0.05, 0) is 6.07 Å². The van der Waals surface area contributed by atoms with Crippen molar-refractivity contribution in [1.82, 2.24) is 4.98 Å². The van der Waals surface area contributed by atoms with Crippen LogP contribution in [0.1, 0.15) is 16.1 Å². The lowest BCUT2D eigenvalue weighted by Crippen LogP contribution is -2.12. The number of nitrogens with two attached hydrogens (primary N) is 2. The molecule has 2 rings (SSSR count). The summed E-state index contributed by atoms with van der Waals surface area (Å²) in [5.41, 5.74) is 12.9. The van der Waals surface area contributed by atoms with E-state index in [4.69, 9.17) is 11.5 Å². The second-order valence-corrected chi connectivity index (χ2v) is 4.12. The van der Waals surface area contributed by atoms with Gasteiger partial charge in [0.2, 0.25) is 5.91 Å². The van der Waals surface area contributed by atoms with Crippen LogP contribution in [0.15, 0.2) is 29.6 Å². The number of hydrogen-bond donors (Lipinski definition) is 2. The third-order valence-electron chi connectivity index (χ3n) is 2.18. The Balaban J connectivity index is 2.50. The highest BCUT2D eigenvalue weighted by Gasteiger charge is 2.11. The van der Waals surface area contributed by atoms with Gasteiger partial charge in [-0.25, -0.2) is 4.98 Å². The topological polar surface area (TPSA) is 82.0 Å². The largest absolute Gasteiger partial charge is 0.366 e. The van der Waals surface area contributed by atoms with Gasteiger partial charge in [0.05, 0.1) is 5.69 Å². The summed E-state index contributed by atoms with van der Waals surface area (Å²) in [5.74, 6) is -0.444. The molecule has 0 unspecified atom stereocenters. The van der Waals surface area contributed by atoms with Crippen LogP contribution in [-0.4, -0.2) is 10.9 Å². The zero-order valence-electron chi connectivity index (χ0n) is 8.51. The first-order valence-corrected chi connectivity index (χ1v) is 5.64. The number of amides is 1. The minimum Gasteiger partial charge on any atom is -0.366 e. The van der Waals surface area contributed by atoms with E-state index in [0.29, 0.717) is 12.1 Å². The van der Waals surface area contributed by atoms with Crippen molar-refractivity contribution >= 4 is 17.2 Å². The average molecular weight is 233 g/mol. The van der Waals surface area contributed by atoms with Gasteiger partial charge in [0.25, 0.3) is 0 Å². The maximum atomic E-state index is 11.2. The Morgan fingerprint density at radius 2 is 2.12 bits per heavy atom. The fourth-order valence-corrected chi connectivity index (χ4v) is 2.28. The van der Waals surface area contributed by atoms with Crippen LogP contribution in [0, 0.1) is 0 Å². The Kier molecular flexibility index (Phi) is 2.98. The number of thiazole rings is 1. The van der Waals surface area contributed by atoms with Gasteiger partial charge in [-0.1, -0.05) is 18.2 Å². The number of primary amides is 1. The monoisotopic (exact) mass is 233 g/mol. The normalized spacial score (nSPS) is 10.3. The molecule has 0 bridgehead atoms. The molecule has 0 atom stereocenters. The van der Waals surface area contributed by atoms with Crippen molar-refractivity contribution in [2.24, 2.45) is 11.5 Å². The Hall–Kier alpha value is -1.72. The molecule has 16 heavy (non-hydrogen) atoms. The number of rotatable bonds is 3. The molecule has 0 spiro atoms. The summed E-state index contributed by atoms with van der Waals surface area (Å²) in [6.07, 6.45) is 0. The number of benzene rings is 1. The zero-order valence-corrected chi connectivity index (χ0v) is 9.33. The van der Waals surface area contributed by atoms with Gasteiger partial charge in [-0.3, -0.25) is 4.79 Å². The highest BCUT2D eigenvalue weighted by molar-refractivity contribution is 7.13. The molecule has 0 radical (unpaired) electrons. The van der Waals surface area contributed by atoms with E-state index < -0.39 is 5.91 Å². The minimum absolute atomic E-state index is 0.398. The second-order valence-electron chi connectivity index (χ2n) is 3.26. The van der Waals surface area contributed by atoms with Crippen LogP contribution in [0.4, 0.5) is 0 Å². The number of aromatic nitrogens is 1. The van der Waals surface area contributed by atoms with Crippen LogP contribution in [-0.2, 0) is 6.54 Å². The van der Waals surface area contributed by atoms with Crippen LogP contribution in [0.2, 0.25) is 0 Å². The Morgan fingerprint density at radius 1 is 1.38 bits per heavy atom. The van der Waals surface area contributed by atoms with Crippen molar-refractivity contribution in [3.05, 3.63) is 40.9 Å². The summed E-state index contributed by atoms with van der Waals surface area (Å²) >= 11 is 1.46. The van der Waals surface area contributed by atoms with E-state index in [2.05, 4.69) is 4.98 Å². The maximum absolute atomic E-state index is 11.2. The van der Waals surface area contributed by atoms with Crippen LogP contribution < -0.4 is 11.5 Å². The molecule has 1 amide bonds. The molecule has 1 heterocycles. The molecule has 0 saturated heterocycles. The fraction of sp³-hybridized carbons (Fsp3) is 0.0909. The molecule has 0 fully saturated rings. The molecular weight excluding hydrogens is 222 g/mol. The predicted molar refractivity (Wildman–Crippen MR) is 64.0 cm³/mol. The molecule has 0 aliphatic rings. The van der Waals surface area contributed by atoms with E-state index in [0.717, 1.165) is 16.3 Å². The molecule has 4 N–H and O–H groups in total. The summed E-state index contributed by atoms with van der Waals surface area (Å²) in [6.45, 7) is 0.398. The first-order valence-electron chi connectivity index (χ1n) is 4.76. The molecule has 0 saturated carbocycles. The quantitative estimate of drug-likeness (QED) is 0.840. The SMILES string of the molecule is NCc1csc(-c2ccccc2C(N)=O)n1. The van der Waals surface area contributed by atoms with E-state index in [1.54, 1.807) is 12.1 Å². The number of hydrogen-bond acceptors (Lipinski definition) is 4. The third-order valence-corrected chi connectivity index (χ3v) is 3.11. The van der Waals surface area contributed by atoms with E-state index in [9.17, 15) is 4.79 Å². The van der Waals surface area contributed by atoms with Crippen molar-refractivity contribution in [2.45, 2.75) is 6.54 Å². The van der Waals surface area contributed by atoms with Crippen molar-refractivity contribution in [2.75, 3.05) is 0 Å². The first kappa shape index (κ1) is 10.8.